The molecule has 0 aromatic rings. The second-order valence-electron chi connectivity index (χ2n) is 7.00. The van der Waals surface area contributed by atoms with E-state index in [1.807, 2.05) is 6.92 Å². The number of nitrogens with zero attached hydrogens (tertiary/aromatic N) is 1. The Morgan fingerprint density at radius 3 is 1.92 bits per heavy atom. The van der Waals surface area contributed by atoms with Gasteiger partial charge in [-0.2, -0.15) is 4.65 Å². The lowest BCUT2D eigenvalue weighted by atomic mass is 10.1. The molecule has 0 aliphatic carbocycles. The molecule has 1 atom stereocenters. The van der Waals surface area contributed by atoms with Crippen molar-refractivity contribution in [3.8, 4) is 0 Å². The molecule has 0 spiro atoms. The number of aliphatic hydroxyl groups is 1. The minimum Gasteiger partial charge on any atom is -0.477 e. The largest absolute Gasteiger partial charge is 0.477 e. The van der Waals surface area contributed by atoms with E-state index in [9.17, 15) is 9.90 Å². The molecule has 0 saturated heterocycles. The Labute approximate surface area is 160 Å². The van der Waals surface area contributed by atoms with Crippen LogP contribution in [0.5, 0.6) is 0 Å². The smallest absolute Gasteiger partial charge is 0.362 e. The summed E-state index contributed by atoms with van der Waals surface area (Å²) in [6.45, 7) is 6.53. The third kappa shape index (κ3) is 14.5. The fourth-order valence-corrected chi connectivity index (χ4v) is 3.14. The standard InChI is InChI=1S/C20H41NO5/c1-3-5-6-7-8-9-10-11-12-13-14-21(4-2,19-20(23)24)26-18-17-25-16-15-22/h22H,3-19H2,1-2H3/p+1. The van der Waals surface area contributed by atoms with E-state index in [1.54, 1.807) is 0 Å². The fourth-order valence-electron chi connectivity index (χ4n) is 3.14. The third-order valence-corrected chi connectivity index (χ3v) is 4.75. The van der Waals surface area contributed by atoms with Crippen molar-refractivity contribution in [3.63, 3.8) is 0 Å². The molecule has 0 aromatic carbocycles. The molecule has 0 amide bonds. The Morgan fingerprint density at radius 1 is 0.846 bits per heavy atom. The van der Waals surface area contributed by atoms with Crippen LogP contribution in [0, 0.1) is 0 Å². The molecule has 0 bridgehead atoms. The lowest BCUT2D eigenvalue weighted by Crippen LogP contribution is -2.52. The van der Waals surface area contributed by atoms with E-state index in [0.29, 0.717) is 19.8 Å². The molecule has 6 nitrogen and oxygen atoms in total. The zero-order valence-electron chi connectivity index (χ0n) is 17.1. The number of hydrogen-bond donors (Lipinski definition) is 2. The molecular formula is C20H42NO5+. The van der Waals surface area contributed by atoms with E-state index in [4.69, 9.17) is 14.7 Å². The Balaban J connectivity index is 3.97. The molecule has 0 aliphatic rings. The zero-order chi connectivity index (χ0) is 19.5. The Morgan fingerprint density at radius 2 is 1.42 bits per heavy atom. The highest BCUT2D eigenvalue weighted by molar-refractivity contribution is 5.67. The van der Waals surface area contributed by atoms with Gasteiger partial charge in [-0.05, 0) is 19.8 Å². The van der Waals surface area contributed by atoms with Gasteiger partial charge in [-0.3, -0.25) is 0 Å². The first-order valence-electron chi connectivity index (χ1n) is 10.5. The van der Waals surface area contributed by atoms with E-state index >= 15 is 0 Å². The SMILES string of the molecule is CCCCCCCCCCCC[N+](CC)(CC(=O)O)OCCOCCO. The molecule has 156 valence electrons. The van der Waals surface area contributed by atoms with Gasteiger partial charge in [0.25, 0.3) is 0 Å². The molecule has 1 unspecified atom stereocenters. The number of carboxylic acid groups (broad SMARTS) is 1. The first kappa shape index (κ1) is 25.3. The quantitative estimate of drug-likeness (QED) is 0.192. The van der Waals surface area contributed by atoms with Crippen molar-refractivity contribution in [2.45, 2.75) is 78.1 Å². The van der Waals surface area contributed by atoms with Crippen LogP contribution in [0.2, 0.25) is 0 Å². The molecule has 6 heteroatoms. The minimum atomic E-state index is -0.838. The van der Waals surface area contributed by atoms with Crippen molar-refractivity contribution < 1.29 is 29.2 Å². The number of aliphatic carboxylic acids is 1. The van der Waals surface area contributed by atoms with Crippen LogP contribution in [-0.2, 0) is 14.4 Å². The van der Waals surface area contributed by atoms with E-state index in [1.165, 1.54) is 51.4 Å². The van der Waals surface area contributed by atoms with E-state index in [-0.39, 0.29) is 24.4 Å². The van der Waals surface area contributed by atoms with E-state index in [0.717, 1.165) is 19.4 Å². The van der Waals surface area contributed by atoms with Gasteiger partial charge in [0.1, 0.15) is 19.7 Å². The summed E-state index contributed by atoms with van der Waals surface area (Å²) in [5.74, 6) is -0.838. The van der Waals surface area contributed by atoms with Crippen LogP contribution in [0.1, 0.15) is 78.1 Å². The molecule has 0 radical (unpaired) electrons. The van der Waals surface area contributed by atoms with Gasteiger partial charge in [0.2, 0.25) is 6.54 Å². The summed E-state index contributed by atoms with van der Waals surface area (Å²) in [5, 5.41) is 17.9. The fraction of sp³-hybridized carbons (Fsp3) is 0.950. The average molecular weight is 377 g/mol. The first-order valence-corrected chi connectivity index (χ1v) is 10.5. The Hall–Kier alpha value is -0.690. The normalized spacial score (nSPS) is 13.7. The van der Waals surface area contributed by atoms with Crippen LogP contribution in [0.15, 0.2) is 0 Å². The molecule has 2 N–H and O–H groups in total. The van der Waals surface area contributed by atoms with Gasteiger partial charge in [-0.1, -0.05) is 58.3 Å². The number of ether oxygens (including phenoxy) is 1. The summed E-state index contributed by atoms with van der Waals surface area (Å²) in [4.78, 5) is 17.1. The molecule has 0 rings (SSSR count). The second-order valence-corrected chi connectivity index (χ2v) is 7.00. The molecular weight excluding hydrogens is 334 g/mol. The molecule has 0 aromatic heterocycles. The van der Waals surface area contributed by atoms with Gasteiger partial charge in [0.15, 0.2) is 0 Å². The number of carboxylic acids is 1. The number of likely N-dealkylation sites (N-methyl/N-ethyl adjacent to an activating group) is 1. The van der Waals surface area contributed by atoms with Crippen LogP contribution >= 0.6 is 0 Å². The van der Waals surface area contributed by atoms with E-state index in [2.05, 4.69) is 6.92 Å². The number of aliphatic hydroxyl groups excluding tert-OH is 1. The number of quaternary nitrogens is 1. The average Bonchev–Trinajstić information content (AvgIpc) is 2.62. The third-order valence-electron chi connectivity index (χ3n) is 4.75. The van der Waals surface area contributed by atoms with Gasteiger partial charge >= 0.3 is 5.97 Å². The van der Waals surface area contributed by atoms with E-state index < -0.39 is 5.97 Å². The number of carbonyl (C=O) groups is 1. The number of hydrogen-bond acceptors (Lipinski definition) is 4. The van der Waals surface area contributed by atoms with Crippen LogP contribution in [0.3, 0.4) is 0 Å². The summed E-state index contributed by atoms with van der Waals surface area (Å²) < 4.78 is 5.35. The van der Waals surface area contributed by atoms with Crippen LogP contribution < -0.4 is 0 Å². The minimum absolute atomic E-state index is 0.0124. The predicted octanol–water partition coefficient (Wildman–Crippen LogP) is 3.77. The lowest BCUT2D eigenvalue weighted by Gasteiger charge is -2.33. The summed E-state index contributed by atoms with van der Waals surface area (Å²) in [7, 11) is 0. The maximum Gasteiger partial charge on any atom is 0.362 e. The monoisotopic (exact) mass is 376 g/mol. The predicted molar refractivity (Wildman–Crippen MR) is 104 cm³/mol. The van der Waals surface area contributed by atoms with Gasteiger partial charge < -0.3 is 14.9 Å². The van der Waals surface area contributed by atoms with Gasteiger partial charge in [-0.15, -0.1) is 0 Å². The second kappa shape index (κ2) is 17.7. The van der Waals surface area contributed by atoms with Crippen molar-refractivity contribution in [3.05, 3.63) is 0 Å². The van der Waals surface area contributed by atoms with Crippen LogP contribution in [0.4, 0.5) is 0 Å². The highest BCUT2D eigenvalue weighted by Crippen LogP contribution is 2.14. The summed E-state index contributed by atoms with van der Waals surface area (Å²) >= 11 is 0. The number of rotatable bonds is 20. The Kier molecular flexibility index (Phi) is 17.2. The summed E-state index contributed by atoms with van der Waals surface area (Å²) in [6.07, 6.45) is 12.6. The van der Waals surface area contributed by atoms with Crippen molar-refractivity contribution in [1.82, 2.24) is 0 Å². The highest BCUT2D eigenvalue weighted by Gasteiger charge is 2.30. The molecule has 0 fully saturated rings. The highest BCUT2D eigenvalue weighted by atomic mass is 16.7. The van der Waals surface area contributed by atoms with Crippen molar-refractivity contribution in [2.75, 3.05) is 46.1 Å². The summed E-state index contributed by atoms with van der Waals surface area (Å²) in [5.41, 5.74) is 0. The molecule has 0 saturated carbocycles. The zero-order valence-corrected chi connectivity index (χ0v) is 17.1. The molecule has 26 heavy (non-hydrogen) atoms. The Bertz CT molecular complexity index is 327. The topological polar surface area (TPSA) is 76.0 Å². The maximum atomic E-state index is 11.2. The lowest BCUT2D eigenvalue weighted by molar-refractivity contribution is -1.10. The van der Waals surface area contributed by atoms with Crippen molar-refractivity contribution >= 4 is 5.97 Å². The van der Waals surface area contributed by atoms with Gasteiger partial charge in [0.05, 0.1) is 19.8 Å². The maximum absolute atomic E-state index is 11.2. The van der Waals surface area contributed by atoms with Crippen LogP contribution in [0.25, 0.3) is 0 Å². The van der Waals surface area contributed by atoms with Gasteiger partial charge in [-0.25, -0.2) is 9.63 Å². The first-order chi connectivity index (χ1) is 12.6. The number of unbranched alkanes of at least 4 members (excludes halogenated alkanes) is 9. The van der Waals surface area contributed by atoms with Gasteiger partial charge in [0, 0.05) is 0 Å². The summed E-state index contributed by atoms with van der Waals surface area (Å²) in [6, 6.07) is 0. The van der Waals surface area contributed by atoms with Crippen LogP contribution in [-0.4, -0.2) is 66.9 Å². The van der Waals surface area contributed by atoms with Crippen molar-refractivity contribution in [1.29, 1.82) is 0 Å². The molecule has 0 aliphatic heterocycles. The van der Waals surface area contributed by atoms with Crippen molar-refractivity contribution in [2.24, 2.45) is 0 Å². The number of hydroxylamine groups is 3. The molecule has 0 heterocycles.